The van der Waals surface area contributed by atoms with Gasteiger partial charge in [0.05, 0.1) is 0 Å². The van der Waals surface area contributed by atoms with E-state index in [1.165, 1.54) is 32.7 Å². The van der Waals surface area contributed by atoms with E-state index in [4.69, 9.17) is 0 Å². The van der Waals surface area contributed by atoms with Gasteiger partial charge in [0.2, 0.25) is 0 Å². The predicted octanol–water partition coefficient (Wildman–Crippen LogP) is 4.99. The van der Waals surface area contributed by atoms with Crippen LogP contribution in [0.25, 0.3) is 23.3 Å². The lowest BCUT2D eigenvalue weighted by Crippen LogP contribution is -2.37. The standard InChI is InChI=1S/C26H21BrO/c1-16-5-4-8-24(27)25(16)26(28)19-10-9-18-12-13-21-20-7-3-2-6-17(20)11-14-22(21)23(18)15-19/h2-8,12-15,19H,9-11H2,1H3. The monoisotopic (exact) mass is 428 g/mol. The quantitative estimate of drug-likeness (QED) is 0.525. The molecule has 0 N–H and O–H groups in total. The lowest BCUT2D eigenvalue weighted by molar-refractivity contribution is 0.0945. The third kappa shape index (κ3) is 2.79. The lowest BCUT2D eigenvalue weighted by atomic mass is 9.82. The topological polar surface area (TPSA) is 17.1 Å². The molecule has 0 spiro atoms. The van der Waals surface area contributed by atoms with E-state index in [0.29, 0.717) is 0 Å². The first-order valence-electron chi connectivity index (χ1n) is 9.85. The number of aryl methyl sites for hydroxylation is 2. The van der Waals surface area contributed by atoms with Gasteiger partial charge in [0.1, 0.15) is 0 Å². The first-order chi connectivity index (χ1) is 13.6. The molecule has 2 heteroatoms. The van der Waals surface area contributed by atoms with Crippen molar-refractivity contribution in [2.24, 2.45) is 5.92 Å². The summed E-state index contributed by atoms with van der Waals surface area (Å²) in [5.74, 6) is 0.159. The second-order valence-corrected chi connectivity index (χ2v) is 8.63. The minimum Gasteiger partial charge on any atom is -0.293 e. The van der Waals surface area contributed by atoms with Gasteiger partial charge in [-0.15, -0.1) is 0 Å². The van der Waals surface area contributed by atoms with E-state index in [9.17, 15) is 4.79 Å². The van der Waals surface area contributed by atoms with Crippen LogP contribution in [-0.4, -0.2) is 5.78 Å². The van der Waals surface area contributed by atoms with Crippen molar-refractivity contribution < 1.29 is 4.79 Å². The molecule has 1 unspecified atom stereocenters. The summed E-state index contributed by atoms with van der Waals surface area (Å²) in [5.41, 5.74) is 7.22. The molecule has 2 aliphatic rings. The number of carbonyl (C=O) groups excluding carboxylic acids is 1. The maximum absolute atomic E-state index is 13.3. The molecule has 3 aromatic carbocycles. The number of hydrogen-bond donors (Lipinski definition) is 0. The maximum Gasteiger partial charge on any atom is 0.171 e. The number of Topliss-reactive ketones (excluding diaryl/α,β-unsaturated/α-hetero) is 1. The van der Waals surface area contributed by atoms with Crippen molar-refractivity contribution in [1.29, 1.82) is 0 Å². The van der Waals surface area contributed by atoms with Crippen LogP contribution in [0, 0.1) is 12.8 Å². The minimum atomic E-state index is -0.0676. The Morgan fingerprint density at radius 3 is 2.64 bits per heavy atom. The number of ketones is 1. The normalized spacial score (nSPS) is 16.9. The van der Waals surface area contributed by atoms with Crippen molar-refractivity contribution in [1.82, 2.24) is 0 Å². The predicted molar refractivity (Wildman–Crippen MR) is 119 cm³/mol. The molecule has 3 aromatic rings. The molecule has 5 rings (SSSR count). The molecule has 0 bridgehead atoms. The molecule has 1 nitrogen and oxygen atoms in total. The summed E-state index contributed by atoms with van der Waals surface area (Å²) in [5, 5.41) is 2.57. The molecule has 138 valence electrons. The van der Waals surface area contributed by atoms with E-state index >= 15 is 0 Å². The Morgan fingerprint density at radius 2 is 1.79 bits per heavy atom. The fraction of sp³-hybridized carbons (Fsp3) is 0.192. The highest BCUT2D eigenvalue weighted by atomic mass is 79.9. The van der Waals surface area contributed by atoms with Gasteiger partial charge < -0.3 is 0 Å². The van der Waals surface area contributed by atoms with Gasteiger partial charge in [0.25, 0.3) is 0 Å². The summed E-state index contributed by atoms with van der Waals surface area (Å²) < 4.78 is 0.896. The molecular formula is C26H21BrO. The van der Waals surface area contributed by atoms with Crippen LogP contribution in [0.1, 0.15) is 33.5 Å². The molecule has 1 atom stereocenters. The van der Waals surface area contributed by atoms with Crippen LogP contribution in [0.5, 0.6) is 0 Å². The second kappa shape index (κ2) is 6.86. The molecular weight excluding hydrogens is 408 g/mol. The average molecular weight is 429 g/mol. The minimum absolute atomic E-state index is 0.0676. The zero-order chi connectivity index (χ0) is 19.3. The van der Waals surface area contributed by atoms with Gasteiger partial charge in [-0.2, -0.15) is 0 Å². The van der Waals surface area contributed by atoms with Crippen LogP contribution in [0.15, 0.2) is 59.1 Å². The molecule has 0 heterocycles. The Kier molecular flexibility index (Phi) is 4.32. The zero-order valence-electron chi connectivity index (χ0n) is 15.8. The van der Waals surface area contributed by atoms with Gasteiger partial charge >= 0.3 is 0 Å². The number of halogens is 1. The first kappa shape index (κ1) is 17.6. The van der Waals surface area contributed by atoms with Crippen LogP contribution in [0.3, 0.4) is 0 Å². The smallest absolute Gasteiger partial charge is 0.171 e. The average Bonchev–Trinajstić information content (AvgIpc) is 2.72. The van der Waals surface area contributed by atoms with E-state index in [2.05, 4.69) is 64.5 Å². The zero-order valence-corrected chi connectivity index (χ0v) is 17.4. The van der Waals surface area contributed by atoms with Crippen molar-refractivity contribution in [3.05, 3.63) is 91.8 Å². The van der Waals surface area contributed by atoms with Crippen LogP contribution in [0.2, 0.25) is 0 Å². The van der Waals surface area contributed by atoms with Gasteiger partial charge in [-0.25, -0.2) is 0 Å². The highest BCUT2D eigenvalue weighted by Gasteiger charge is 2.25. The summed E-state index contributed by atoms with van der Waals surface area (Å²) in [6.07, 6.45) is 7.35. The molecule has 0 aromatic heterocycles. The van der Waals surface area contributed by atoms with Crippen LogP contribution >= 0.6 is 15.9 Å². The summed E-state index contributed by atoms with van der Waals surface area (Å²) in [6, 6.07) is 19.1. The number of carbonyl (C=O) groups is 1. The largest absolute Gasteiger partial charge is 0.293 e. The van der Waals surface area contributed by atoms with Crippen molar-refractivity contribution in [2.45, 2.75) is 26.2 Å². The van der Waals surface area contributed by atoms with Crippen molar-refractivity contribution in [2.75, 3.05) is 0 Å². The molecule has 0 aliphatic heterocycles. The number of benzene rings is 3. The van der Waals surface area contributed by atoms with E-state index in [1.54, 1.807) is 0 Å². The van der Waals surface area contributed by atoms with Gasteiger partial charge in [-0.05, 0) is 70.5 Å². The Morgan fingerprint density at radius 1 is 0.929 bits per heavy atom. The maximum atomic E-state index is 13.3. The van der Waals surface area contributed by atoms with Gasteiger partial charge in [-0.1, -0.05) is 76.6 Å². The van der Waals surface area contributed by atoms with E-state index in [1.807, 2.05) is 25.1 Å². The van der Waals surface area contributed by atoms with E-state index in [-0.39, 0.29) is 11.7 Å². The molecule has 0 saturated carbocycles. The number of rotatable bonds is 2. The first-order valence-corrected chi connectivity index (χ1v) is 10.6. The molecule has 0 amide bonds. The fourth-order valence-electron chi connectivity index (χ4n) is 4.66. The summed E-state index contributed by atoms with van der Waals surface area (Å²) >= 11 is 3.58. The summed E-state index contributed by atoms with van der Waals surface area (Å²) in [4.78, 5) is 13.3. The Balaban J connectivity index is 1.66. The Hall–Kier alpha value is -2.45. The van der Waals surface area contributed by atoms with E-state index in [0.717, 1.165) is 34.9 Å². The Labute approximate surface area is 173 Å². The second-order valence-electron chi connectivity index (χ2n) is 7.77. The fourth-order valence-corrected chi connectivity index (χ4v) is 5.32. The molecule has 2 aliphatic carbocycles. The van der Waals surface area contributed by atoms with E-state index < -0.39 is 0 Å². The molecule has 0 saturated heterocycles. The van der Waals surface area contributed by atoms with Crippen LogP contribution in [0.4, 0.5) is 0 Å². The summed E-state index contributed by atoms with van der Waals surface area (Å²) in [7, 11) is 0. The number of fused-ring (bicyclic) bond motifs is 5. The summed E-state index contributed by atoms with van der Waals surface area (Å²) in [6.45, 7) is 2.02. The van der Waals surface area contributed by atoms with Gasteiger partial charge in [-0.3, -0.25) is 4.79 Å². The molecule has 28 heavy (non-hydrogen) atoms. The SMILES string of the molecule is Cc1cccc(Br)c1C(=O)C1C=c2c(ccc3c2=CCc2ccccc2-3)CC1. The van der Waals surface area contributed by atoms with Crippen molar-refractivity contribution >= 4 is 33.9 Å². The van der Waals surface area contributed by atoms with Gasteiger partial charge in [0.15, 0.2) is 5.78 Å². The van der Waals surface area contributed by atoms with Crippen LogP contribution < -0.4 is 10.4 Å². The molecule has 0 fully saturated rings. The Bertz CT molecular complexity index is 1220. The third-order valence-electron chi connectivity index (χ3n) is 6.11. The van der Waals surface area contributed by atoms with Crippen molar-refractivity contribution in [3.8, 4) is 11.1 Å². The highest BCUT2D eigenvalue weighted by molar-refractivity contribution is 9.10. The highest BCUT2D eigenvalue weighted by Crippen LogP contribution is 2.28. The molecule has 0 radical (unpaired) electrons. The van der Waals surface area contributed by atoms with Gasteiger partial charge in [0, 0.05) is 16.0 Å². The van der Waals surface area contributed by atoms with Crippen molar-refractivity contribution in [3.63, 3.8) is 0 Å². The lowest BCUT2D eigenvalue weighted by Gasteiger charge is -2.22. The van der Waals surface area contributed by atoms with Crippen LogP contribution in [-0.2, 0) is 12.8 Å². The number of hydrogen-bond acceptors (Lipinski definition) is 1. The third-order valence-corrected chi connectivity index (χ3v) is 6.77.